The Morgan fingerprint density at radius 1 is 1.41 bits per heavy atom. The molecule has 1 aromatic heterocycles. The fourth-order valence-corrected chi connectivity index (χ4v) is 1.85. The molecule has 1 saturated carbocycles. The van der Waals surface area contributed by atoms with Crippen LogP contribution in [0.3, 0.4) is 0 Å². The van der Waals surface area contributed by atoms with E-state index < -0.39 is 0 Å². The molecule has 0 N–H and O–H groups in total. The maximum absolute atomic E-state index is 11.8. The molecule has 4 heteroatoms. The summed E-state index contributed by atoms with van der Waals surface area (Å²) in [7, 11) is 1.82. The average Bonchev–Trinajstić information content (AvgIpc) is 3.14. The van der Waals surface area contributed by atoms with Gasteiger partial charge in [0.15, 0.2) is 0 Å². The maximum Gasteiger partial charge on any atom is 0.222 e. The Balaban J connectivity index is 1.70. The van der Waals surface area contributed by atoms with Crippen LogP contribution in [-0.4, -0.2) is 27.8 Å². The van der Waals surface area contributed by atoms with Gasteiger partial charge in [-0.25, -0.2) is 9.97 Å². The lowest BCUT2D eigenvalue weighted by Gasteiger charge is -2.15. The van der Waals surface area contributed by atoms with Crippen LogP contribution >= 0.6 is 0 Å². The first-order valence-corrected chi connectivity index (χ1v) is 6.25. The van der Waals surface area contributed by atoms with E-state index in [0.717, 1.165) is 12.3 Å². The average molecular weight is 233 g/mol. The zero-order valence-corrected chi connectivity index (χ0v) is 10.3. The SMILES string of the molecule is CN(Cc1ncccn1)C(=O)CCCC1CC1. The molecule has 1 amide bonds. The number of carbonyl (C=O) groups is 1. The van der Waals surface area contributed by atoms with Crippen LogP contribution in [0.5, 0.6) is 0 Å². The van der Waals surface area contributed by atoms with E-state index in [9.17, 15) is 4.79 Å². The van der Waals surface area contributed by atoms with Crippen LogP contribution in [0.4, 0.5) is 0 Å². The second kappa shape index (κ2) is 5.75. The van der Waals surface area contributed by atoms with Gasteiger partial charge in [0.1, 0.15) is 5.82 Å². The van der Waals surface area contributed by atoms with Crippen LogP contribution in [0.25, 0.3) is 0 Å². The van der Waals surface area contributed by atoms with Gasteiger partial charge in [-0.1, -0.05) is 12.8 Å². The molecular formula is C13H19N3O. The minimum Gasteiger partial charge on any atom is -0.338 e. The topological polar surface area (TPSA) is 46.1 Å². The Kier molecular flexibility index (Phi) is 4.07. The highest BCUT2D eigenvalue weighted by Crippen LogP contribution is 2.33. The number of hydrogen-bond donors (Lipinski definition) is 0. The third-order valence-electron chi connectivity index (χ3n) is 3.12. The highest BCUT2D eigenvalue weighted by molar-refractivity contribution is 5.75. The van der Waals surface area contributed by atoms with Crippen molar-refractivity contribution in [3.63, 3.8) is 0 Å². The van der Waals surface area contributed by atoms with Crippen molar-refractivity contribution in [2.45, 2.75) is 38.6 Å². The van der Waals surface area contributed by atoms with E-state index in [2.05, 4.69) is 9.97 Å². The predicted octanol–water partition coefficient (Wildman–Crippen LogP) is 2.02. The molecule has 92 valence electrons. The lowest BCUT2D eigenvalue weighted by Crippen LogP contribution is -2.26. The molecule has 17 heavy (non-hydrogen) atoms. The van der Waals surface area contributed by atoms with Crippen LogP contribution in [0.2, 0.25) is 0 Å². The zero-order chi connectivity index (χ0) is 12.1. The Morgan fingerprint density at radius 2 is 2.12 bits per heavy atom. The number of nitrogens with zero attached hydrogens (tertiary/aromatic N) is 3. The molecule has 0 bridgehead atoms. The molecule has 1 fully saturated rings. The van der Waals surface area contributed by atoms with Crippen LogP contribution in [0.1, 0.15) is 37.9 Å². The van der Waals surface area contributed by atoms with E-state index in [1.165, 1.54) is 19.3 Å². The van der Waals surface area contributed by atoms with E-state index in [4.69, 9.17) is 0 Å². The summed E-state index contributed by atoms with van der Waals surface area (Å²) in [5, 5.41) is 0. The number of aromatic nitrogens is 2. The Morgan fingerprint density at radius 3 is 2.76 bits per heavy atom. The quantitative estimate of drug-likeness (QED) is 0.755. The molecule has 1 aliphatic rings. The standard InChI is InChI=1S/C13H19N3O/c1-16(10-12-14-8-3-9-15-12)13(17)5-2-4-11-6-7-11/h3,8-9,11H,2,4-7,10H2,1H3. The van der Waals surface area contributed by atoms with E-state index in [-0.39, 0.29) is 5.91 Å². The number of carbonyl (C=O) groups excluding carboxylic acids is 1. The van der Waals surface area contributed by atoms with Gasteiger partial charge in [-0.2, -0.15) is 0 Å². The highest BCUT2D eigenvalue weighted by Gasteiger charge is 2.21. The van der Waals surface area contributed by atoms with Gasteiger partial charge in [-0.3, -0.25) is 4.79 Å². The number of hydrogen-bond acceptors (Lipinski definition) is 3. The molecule has 0 atom stereocenters. The fraction of sp³-hybridized carbons (Fsp3) is 0.615. The molecule has 0 radical (unpaired) electrons. The van der Waals surface area contributed by atoms with Crippen LogP contribution in [0.15, 0.2) is 18.5 Å². The molecule has 0 spiro atoms. The molecule has 0 saturated heterocycles. The Hall–Kier alpha value is -1.45. The van der Waals surface area contributed by atoms with Gasteiger partial charge in [0, 0.05) is 25.9 Å². The molecule has 0 aromatic carbocycles. The number of rotatable bonds is 6. The summed E-state index contributed by atoms with van der Waals surface area (Å²) in [5.74, 6) is 1.80. The summed E-state index contributed by atoms with van der Waals surface area (Å²) < 4.78 is 0. The largest absolute Gasteiger partial charge is 0.338 e. The summed E-state index contributed by atoms with van der Waals surface area (Å²) >= 11 is 0. The number of amides is 1. The normalized spacial score (nSPS) is 14.6. The molecule has 2 rings (SSSR count). The van der Waals surface area contributed by atoms with Crippen molar-refractivity contribution in [1.29, 1.82) is 0 Å². The Bertz CT molecular complexity index is 362. The first kappa shape index (κ1) is 12.0. The smallest absolute Gasteiger partial charge is 0.222 e. The van der Waals surface area contributed by atoms with Gasteiger partial charge in [0.2, 0.25) is 5.91 Å². The van der Waals surface area contributed by atoms with E-state index in [0.29, 0.717) is 18.8 Å². The van der Waals surface area contributed by atoms with Gasteiger partial charge in [-0.05, 0) is 24.8 Å². The van der Waals surface area contributed by atoms with Gasteiger partial charge in [0.05, 0.1) is 6.54 Å². The second-order valence-corrected chi connectivity index (χ2v) is 4.75. The summed E-state index contributed by atoms with van der Waals surface area (Å²) in [5.41, 5.74) is 0. The molecule has 4 nitrogen and oxygen atoms in total. The summed E-state index contributed by atoms with van der Waals surface area (Å²) in [6.45, 7) is 0.503. The van der Waals surface area contributed by atoms with Gasteiger partial charge >= 0.3 is 0 Å². The second-order valence-electron chi connectivity index (χ2n) is 4.75. The summed E-state index contributed by atoms with van der Waals surface area (Å²) in [4.78, 5) is 21.8. The monoisotopic (exact) mass is 233 g/mol. The third-order valence-corrected chi connectivity index (χ3v) is 3.12. The van der Waals surface area contributed by atoms with Crippen molar-refractivity contribution in [3.05, 3.63) is 24.3 Å². The molecule has 1 heterocycles. The van der Waals surface area contributed by atoms with Crippen molar-refractivity contribution in [1.82, 2.24) is 14.9 Å². The molecule has 1 aliphatic carbocycles. The van der Waals surface area contributed by atoms with Crippen molar-refractivity contribution in [2.24, 2.45) is 5.92 Å². The molecule has 1 aromatic rings. The minimum atomic E-state index is 0.193. The lowest BCUT2D eigenvalue weighted by molar-refractivity contribution is -0.130. The van der Waals surface area contributed by atoms with Crippen molar-refractivity contribution in [3.8, 4) is 0 Å². The summed E-state index contributed by atoms with van der Waals surface area (Å²) in [6.07, 6.45) is 9.01. The molecule has 0 aliphatic heterocycles. The minimum absolute atomic E-state index is 0.193. The van der Waals surface area contributed by atoms with Crippen LogP contribution in [-0.2, 0) is 11.3 Å². The third kappa shape index (κ3) is 4.13. The van der Waals surface area contributed by atoms with E-state index >= 15 is 0 Å². The van der Waals surface area contributed by atoms with Crippen molar-refractivity contribution >= 4 is 5.91 Å². The fourth-order valence-electron chi connectivity index (χ4n) is 1.85. The maximum atomic E-state index is 11.8. The zero-order valence-electron chi connectivity index (χ0n) is 10.3. The first-order chi connectivity index (χ1) is 8.25. The molecule has 0 unspecified atom stereocenters. The van der Waals surface area contributed by atoms with E-state index in [1.54, 1.807) is 23.4 Å². The highest BCUT2D eigenvalue weighted by atomic mass is 16.2. The van der Waals surface area contributed by atoms with Gasteiger partial charge in [0.25, 0.3) is 0 Å². The Labute approximate surface area is 102 Å². The van der Waals surface area contributed by atoms with Gasteiger partial charge < -0.3 is 4.90 Å². The van der Waals surface area contributed by atoms with Crippen molar-refractivity contribution < 1.29 is 4.79 Å². The van der Waals surface area contributed by atoms with Crippen molar-refractivity contribution in [2.75, 3.05) is 7.05 Å². The lowest BCUT2D eigenvalue weighted by atomic mass is 10.1. The predicted molar refractivity (Wildman–Crippen MR) is 65.1 cm³/mol. The first-order valence-electron chi connectivity index (χ1n) is 6.25. The van der Waals surface area contributed by atoms with Crippen LogP contribution < -0.4 is 0 Å². The van der Waals surface area contributed by atoms with E-state index in [1.807, 2.05) is 7.05 Å². The summed E-state index contributed by atoms with van der Waals surface area (Å²) in [6, 6.07) is 1.78. The molecular weight excluding hydrogens is 214 g/mol. The van der Waals surface area contributed by atoms with Gasteiger partial charge in [-0.15, -0.1) is 0 Å². The van der Waals surface area contributed by atoms with Crippen LogP contribution in [0, 0.1) is 5.92 Å².